The second kappa shape index (κ2) is 5.73. The third kappa shape index (κ3) is 3.00. The zero-order chi connectivity index (χ0) is 16.5. The highest BCUT2D eigenvalue weighted by Gasteiger charge is 2.54. The van der Waals surface area contributed by atoms with Gasteiger partial charge < -0.3 is 4.74 Å². The third-order valence-corrected chi connectivity index (χ3v) is 3.90. The smallest absolute Gasteiger partial charge is 0.320 e. The Morgan fingerprint density at radius 1 is 1.45 bits per heavy atom. The average molecular weight is 320 g/mol. The van der Waals surface area contributed by atoms with Crippen molar-refractivity contribution in [1.82, 2.24) is 0 Å². The molecule has 0 radical (unpaired) electrons. The molecule has 4 nitrogen and oxygen atoms in total. The van der Waals surface area contributed by atoms with E-state index in [2.05, 4.69) is 0 Å². The quantitative estimate of drug-likeness (QED) is 0.487. The summed E-state index contributed by atoms with van der Waals surface area (Å²) in [6.07, 6.45) is 0.176. The van der Waals surface area contributed by atoms with Crippen LogP contribution in [0.5, 0.6) is 0 Å². The standard InChI is InChI=1S/C17H18ClNO3/c1-16(2,3)22-15(21)17(9-12(18)10-19)8-11-6-4-5-7-13(11)14(17)20/h4-7,12H,8-9H2,1-3H3/t12-,17-/m1/s1. The molecule has 0 heterocycles. The SMILES string of the molecule is CC(C)(C)OC(=O)[C@@]1(C[C@@H](Cl)C#N)Cc2ccccc2C1=O. The molecule has 1 aromatic carbocycles. The summed E-state index contributed by atoms with van der Waals surface area (Å²) in [5, 5.41) is 8.06. The number of hydrogen-bond donors (Lipinski definition) is 0. The van der Waals surface area contributed by atoms with Crippen LogP contribution in [0, 0.1) is 16.7 Å². The molecule has 1 aliphatic rings. The maximum absolute atomic E-state index is 12.8. The van der Waals surface area contributed by atoms with Gasteiger partial charge in [0.2, 0.25) is 0 Å². The minimum atomic E-state index is -1.40. The number of rotatable bonds is 3. The summed E-state index contributed by atoms with van der Waals surface area (Å²) in [6.45, 7) is 5.23. The summed E-state index contributed by atoms with van der Waals surface area (Å²) in [6, 6.07) is 8.97. The third-order valence-electron chi connectivity index (χ3n) is 3.65. The maximum atomic E-state index is 12.8. The largest absolute Gasteiger partial charge is 0.459 e. The van der Waals surface area contributed by atoms with E-state index in [0.717, 1.165) is 5.56 Å². The molecule has 1 aromatic rings. The highest BCUT2D eigenvalue weighted by molar-refractivity contribution is 6.23. The van der Waals surface area contributed by atoms with Crippen LogP contribution in [-0.4, -0.2) is 22.7 Å². The van der Waals surface area contributed by atoms with E-state index in [1.807, 2.05) is 18.2 Å². The van der Waals surface area contributed by atoms with Crippen molar-refractivity contribution in [2.75, 3.05) is 0 Å². The van der Waals surface area contributed by atoms with Crippen molar-refractivity contribution >= 4 is 23.4 Å². The van der Waals surface area contributed by atoms with Crippen LogP contribution >= 0.6 is 11.6 Å². The number of halogens is 1. The first kappa shape index (κ1) is 16.5. The van der Waals surface area contributed by atoms with Crippen LogP contribution in [0.3, 0.4) is 0 Å². The van der Waals surface area contributed by atoms with Gasteiger partial charge in [-0.1, -0.05) is 24.3 Å². The van der Waals surface area contributed by atoms with Gasteiger partial charge in [-0.15, -0.1) is 11.6 Å². The van der Waals surface area contributed by atoms with Crippen LogP contribution in [-0.2, 0) is 16.0 Å². The Labute approximate surface area is 135 Å². The lowest BCUT2D eigenvalue weighted by molar-refractivity contribution is -0.164. The zero-order valence-electron chi connectivity index (χ0n) is 12.9. The number of nitriles is 1. The summed E-state index contributed by atoms with van der Waals surface area (Å²) in [5.74, 6) is -0.916. The molecule has 1 aliphatic carbocycles. The monoisotopic (exact) mass is 319 g/mol. The molecule has 0 aliphatic heterocycles. The number of carbonyl (C=O) groups excluding carboxylic acids is 2. The molecule has 0 spiro atoms. The Bertz CT molecular complexity index is 657. The fraction of sp³-hybridized carbons (Fsp3) is 0.471. The molecule has 0 saturated carbocycles. The molecule has 22 heavy (non-hydrogen) atoms. The Hall–Kier alpha value is -1.86. The first-order valence-electron chi connectivity index (χ1n) is 7.09. The topological polar surface area (TPSA) is 67.2 Å². The fourth-order valence-electron chi connectivity index (χ4n) is 2.70. The van der Waals surface area contributed by atoms with Gasteiger partial charge in [-0.2, -0.15) is 5.26 Å². The number of Topliss-reactive ketones (excluding diaryl/α,β-unsaturated/α-hetero) is 1. The number of ether oxygens (including phenoxy) is 1. The van der Waals surface area contributed by atoms with E-state index in [-0.39, 0.29) is 18.6 Å². The van der Waals surface area contributed by atoms with Gasteiger partial charge in [-0.05, 0) is 32.8 Å². The molecule has 0 saturated heterocycles. The van der Waals surface area contributed by atoms with Crippen LogP contribution < -0.4 is 0 Å². The molecule has 0 fully saturated rings. The van der Waals surface area contributed by atoms with E-state index >= 15 is 0 Å². The molecular weight excluding hydrogens is 302 g/mol. The van der Waals surface area contributed by atoms with E-state index < -0.39 is 22.4 Å². The van der Waals surface area contributed by atoms with Gasteiger partial charge in [0.05, 0.1) is 6.07 Å². The molecule has 0 aromatic heterocycles. The Morgan fingerprint density at radius 3 is 2.64 bits per heavy atom. The first-order chi connectivity index (χ1) is 10.2. The van der Waals surface area contributed by atoms with Crippen LogP contribution in [0.2, 0.25) is 0 Å². The van der Waals surface area contributed by atoms with Crippen LogP contribution in [0.15, 0.2) is 24.3 Å². The highest BCUT2D eigenvalue weighted by atomic mass is 35.5. The minimum absolute atomic E-state index is 0.0481. The molecule has 5 heteroatoms. The lowest BCUT2D eigenvalue weighted by atomic mass is 9.79. The lowest BCUT2D eigenvalue weighted by Crippen LogP contribution is -2.43. The van der Waals surface area contributed by atoms with Crippen molar-refractivity contribution in [2.24, 2.45) is 5.41 Å². The van der Waals surface area contributed by atoms with Gasteiger partial charge in [-0.25, -0.2) is 0 Å². The van der Waals surface area contributed by atoms with Crippen molar-refractivity contribution in [1.29, 1.82) is 5.26 Å². The molecule has 2 rings (SSSR count). The fourth-order valence-corrected chi connectivity index (χ4v) is 2.96. The summed E-state index contributed by atoms with van der Waals surface area (Å²) < 4.78 is 5.44. The van der Waals surface area contributed by atoms with Crippen molar-refractivity contribution < 1.29 is 14.3 Å². The summed E-state index contributed by atoms with van der Waals surface area (Å²) in [5.41, 5.74) is -0.817. The molecule has 0 bridgehead atoms. The number of alkyl halides is 1. The Balaban J connectivity index is 2.44. The normalized spacial score (nSPS) is 21.9. The number of esters is 1. The molecule has 116 valence electrons. The van der Waals surface area contributed by atoms with Crippen molar-refractivity contribution in [2.45, 2.75) is 44.6 Å². The molecule has 0 N–H and O–H groups in total. The maximum Gasteiger partial charge on any atom is 0.320 e. The van der Waals surface area contributed by atoms with E-state index in [1.54, 1.807) is 32.9 Å². The highest BCUT2D eigenvalue weighted by Crippen LogP contribution is 2.43. The number of ketones is 1. The van der Waals surface area contributed by atoms with E-state index in [1.165, 1.54) is 0 Å². The second-order valence-electron chi connectivity index (χ2n) is 6.55. The second-order valence-corrected chi connectivity index (χ2v) is 7.07. The Morgan fingerprint density at radius 2 is 2.09 bits per heavy atom. The van der Waals surface area contributed by atoms with Gasteiger partial charge in [0.1, 0.15) is 16.4 Å². The minimum Gasteiger partial charge on any atom is -0.459 e. The predicted octanol–water partition coefficient (Wildman–Crippen LogP) is 3.27. The number of fused-ring (bicyclic) bond motifs is 1. The molecule has 0 unspecified atom stereocenters. The Kier molecular flexibility index (Phi) is 4.30. The van der Waals surface area contributed by atoms with Crippen LogP contribution in [0.25, 0.3) is 0 Å². The van der Waals surface area contributed by atoms with Gasteiger partial charge in [-0.3, -0.25) is 9.59 Å². The van der Waals surface area contributed by atoms with Gasteiger partial charge in [0.25, 0.3) is 0 Å². The van der Waals surface area contributed by atoms with Gasteiger partial charge in [0, 0.05) is 12.0 Å². The van der Waals surface area contributed by atoms with Gasteiger partial charge >= 0.3 is 5.97 Å². The van der Waals surface area contributed by atoms with E-state index in [9.17, 15) is 9.59 Å². The average Bonchev–Trinajstić information content (AvgIpc) is 2.71. The molecule has 2 atom stereocenters. The molecular formula is C17H18ClNO3. The number of hydrogen-bond acceptors (Lipinski definition) is 4. The van der Waals surface area contributed by atoms with Crippen molar-refractivity contribution in [3.05, 3.63) is 35.4 Å². The summed E-state index contributed by atoms with van der Waals surface area (Å²) in [4.78, 5) is 25.5. The first-order valence-corrected chi connectivity index (χ1v) is 7.53. The predicted molar refractivity (Wildman–Crippen MR) is 82.6 cm³/mol. The van der Waals surface area contributed by atoms with Crippen LogP contribution in [0.1, 0.15) is 43.1 Å². The van der Waals surface area contributed by atoms with Crippen molar-refractivity contribution in [3.8, 4) is 6.07 Å². The van der Waals surface area contributed by atoms with E-state index in [0.29, 0.717) is 5.56 Å². The van der Waals surface area contributed by atoms with E-state index in [4.69, 9.17) is 21.6 Å². The number of carbonyl (C=O) groups is 2. The van der Waals surface area contributed by atoms with Crippen molar-refractivity contribution in [3.63, 3.8) is 0 Å². The van der Waals surface area contributed by atoms with Crippen LogP contribution in [0.4, 0.5) is 0 Å². The number of benzene rings is 1. The zero-order valence-corrected chi connectivity index (χ0v) is 13.6. The lowest BCUT2D eigenvalue weighted by Gasteiger charge is -2.30. The number of nitrogens with zero attached hydrogens (tertiary/aromatic N) is 1. The van der Waals surface area contributed by atoms with Gasteiger partial charge in [0.15, 0.2) is 5.78 Å². The summed E-state index contributed by atoms with van der Waals surface area (Å²) >= 11 is 5.94. The summed E-state index contributed by atoms with van der Waals surface area (Å²) in [7, 11) is 0. The molecule has 0 amide bonds.